The largest absolute Gasteiger partial charge is 0.491 e. The van der Waals surface area contributed by atoms with Gasteiger partial charge in [-0.1, -0.05) is 70.4 Å². The topological polar surface area (TPSA) is 111 Å². The average molecular weight is 824 g/mol. The summed E-state index contributed by atoms with van der Waals surface area (Å²) in [5.41, 5.74) is 1.38. The van der Waals surface area contributed by atoms with Crippen molar-refractivity contribution in [3.05, 3.63) is 29.8 Å². The third-order valence-electron chi connectivity index (χ3n) is 8.38. The predicted octanol–water partition coefficient (Wildman–Crippen LogP) is 7.34. The second kappa shape index (κ2) is 46.6. The Hall–Kier alpha value is -1.13. The summed E-state index contributed by atoms with van der Waals surface area (Å²) in [6.07, 6.45) is 15.0. The van der Waals surface area contributed by atoms with Crippen molar-refractivity contribution in [3.63, 3.8) is 0 Å². The third-order valence-corrected chi connectivity index (χ3v) is 8.65. The number of rotatable bonds is 48. The number of benzene rings is 1. The van der Waals surface area contributed by atoms with Crippen LogP contribution in [0.15, 0.2) is 24.3 Å². The molecule has 1 aromatic rings. The van der Waals surface area contributed by atoms with Gasteiger partial charge in [-0.25, -0.2) is 0 Å². The van der Waals surface area contributed by atoms with Crippen LogP contribution in [0.5, 0.6) is 5.75 Å². The van der Waals surface area contributed by atoms with E-state index in [1.54, 1.807) is 0 Å². The summed E-state index contributed by atoms with van der Waals surface area (Å²) in [6, 6.07) is 8.46. The number of halogens is 1. The minimum absolute atomic E-state index is 0.513. The van der Waals surface area contributed by atoms with Gasteiger partial charge in [0.2, 0.25) is 0 Å². The van der Waals surface area contributed by atoms with Crippen LogP contribution in [0.3, 0.4) is 0 Å². The van der Waals surface area contributed by atoms with E-state index in [4.69, 9.17) is 68.4 Å². The SMILES string of the molecule is CCCCCCCCCc1ccc(OCCOCCOCCOCCOCCOCCOCCOCCOCCOCCOCCOCCCCCCCl)cc1. The molecule has 0 saturated heterocycles. The molecule has 0 aliphatic rings. The van der Waals surface area contributed by atoms with Crippen LogP contribution in [-0.2, 0) is 58.5 Å². The lowest BCUT2D eigenvalue weighted by atomic mass is 10.0. The van der Waals surface area contributed by atoms with E-state index in [0.717, 1.165) is 37.5 Å². The van der Waals surface area contributed by atoms with E-state index < -0.39 is 0 Å². The third kappa shape index (κ3) is 41.0. The lowest BCUT2D eigenvalue weighted by molar-refractivity contribution is -0.0277. The number of alkyl halides is 1. The Kier molecular flexibility index (Phi) is 44.0. The molecule has 13 heteroatoms. The first kappa shape index (κ1) is 52.9. The van der Waals surface area contributed by atoms with Crippen LogP contribution in [0, 0.1) is 0 Å². The smallest absolute Gasteiger partial charge is 0.119 e. The normalized spacial score (nSPS) is 11.5. The van der Waals surface area contributed by atoms with E-state index in [0.29, 0.717) is 145 Å². The fourth-order valence-electron chi connectivity index (χ4n) is 5.21. The van der Waals surface area contributed by atoms with Gasteiger partial charge < -0.3 is 56.8 Å². The predicted molar refractivity (Wildman–Crippen MR) is 222 cm³/mol. The molecule has 0 atom stereocenters. The van der Waals surface area contributed by atoms with Gasteiger partial charge in [-0.15, -0.1) is 11.6 Å². The van der Waals surface area contributed by atoms with Gasteiger partial charge in [0.1, 0.15) is 12.4 Å². The summed E-state index contributed by atoms with van der Waals surface area (Å²) >= 11 is 5.66. The number of hydrogen-bond acceptors (Lipinski definition) is 12. The van der Waals surface area contributed by atoms with Gasteiger partial charge >= 0.3 is 0 Å². The minimum Gasteiger partial charge on any atom is -0.491 e. The van der Waals surface area contributed by atoms with E-state index >= 15 is 0 Å². The first-order valence-corrected chi connectivity index (χ1v) is 22.0. The monoisotopic (exact) mass is 823 g/mol. The van der Waals surface area contributed by atoms with Crippen molar-refractivity contribution in [1.29, 1.82) is 0 Å². The van der Waals surface area contributed by atoms with Crippen LogP contribution >= 0.6 is 11.6 Å². The quantitative estimate of drug-likeness (QED) is 0.0485. The van der Waals surface area contributed by atoms with E-state index in [-0.39, 0.29) is 0 Å². The Morgan fingerprint density at radius 2 is 0.625 bits per heavy atom. The van der Waals surface area contributed by atoms with E-state index in [2.05, 4.69) is 31.2 Å². The van der Waals surface area contributed by atoms with Crippen LogP contribution in [0.2, 0.25) is 0 Å². The summed E-state index contributed by atoms with van der Waals surface area (Å²) in [5, 5.41) is 0. The van der Waals surface area contributed by atoms with Crippen molar-refractivity contribution in [2.24, 2.45) is 0 Å². The number of ether oxygens (including phenoxy) is 12. The van der Waals surface area contributed by atoms with Crippen molar-refractivity contribution in [3.8, 4) is 5.75 Å². The molecule has 0 spiro atoms. The molecule has 1 aromatic carbocycles. The van der Waals surface area contributed by atoms with Crippen molar-refractivity contribution in [2.75, 3.05) is 158 Å². The molecule has 330 valence electrons. The fourth-order valence-corrected chi connectivity index (χ4v) is 5.40. The van der Waals surface area contributed by atoms with Crippen molar-refractivity contribution in [1.82, 2.24) is 0 Å². The molecule has 0 bridgehead atoms. The first-order valence-electron chi connectivity index (χ1n) is 21.5. The van der Waals surface area contributed by atoms with E-state index in [9.17, 15) is 0 Å². The second-order valence-corrected chi connectivity index (χ2v) is 13.6. The van der Waals surface area contributed by atoms with Crippen LogP contribution in [-0.4, -0.2) is 158 Å². The molecule has 0 saturated carbocycles. The van der Waals surface area contributed by atoms with Gasteiger partial charge in [0.25, 0.3) is 0 Å². The molecular formula is C43H79ClO12. The van der Waals surface area contributed by atoms with Crippen molar-refractivity contribution >= 4 is 11.6 Å². The number of aryl methyl sites for hydroxylation is 1. The molecule has 1 rings (SSSR count). The van der Waals surface area contributed by atoms with Gasteiger partial charge in [-0.05, 0) is 43.4 Å². The maximum atomic E-state index is 5.79. The molecule has 56 heavy (non-hydrogen) atoms. The molecule has 0 unspecified atom stereocenters. The second-order valence-electron chi connectivity index (χ2n) is 13.2. The van der Waals surface area contributed by atoms with Crippen LogP contribution in [0.1, 0.15) is 83.1 Å². The number of hydrogen-bond donors (Lipinski definition) is 0. The van der Waals surface area contributed by atoms with Crippen LogP contribution in [0.25, 0.3) is 0 Å². The van der Waals surface area contributed by atoms with Gasteiger partial charge in [0.05, 0.1) is 139 Å². The highest BCUT2D eigenvalue weighted by atomic mass is 35.5. The molecule has 0 aliphatic heterocycles. The van der Waals surface area contributed by atoms with Gasteiger partial charge in [0.15, 0.2) is 0 Å². The average Bonchev–Trinajstić information content (AvgIpc) is 3.22. The van der Waals surface area contributed by atoms with Crippen LogP contribution < -0.4 is 4.74 Å². The maximum absolute atomic E-state index is 5.79. The molecule has 0 heterocycles. The molecule has 0 aromatic heterocycles. The Morgan fingerprint density at radius 1 is 0.321 bits per heavy atom. The number of unbranched alkanes of at least 4 members (excludes halogenated alkanes) is 9. The minimum atomic E-state index is 0.513. The Bertz CT molecular complexity index is 870. The zero-order valence-electron chi connectivity index (χ0n) is 35.0. The van der Waals surface area contributed by atoms with E-state index in [1.165, 1.54) is 63.4 Å². The lowest BCUT2D eigenvalue weighted by Gasteiger charge is -2.09. The molecule has 0 aliphatic carbocycles. The summed E-state index contributed by atoms with van der Waals surface area (Å²) in [4.78, 5) is 0. The molecular weight excluding hydrogens is 744 g/mol. The van der Waals surface area contributed by atoms with Gasteiger partial charge in [-0.3, -0.25) is 0 Å². The lowest BCUT2D eigenvalue weighted by Crippen LogP contribution is -2.15. The summed E-state index contributed by atoms with van der Waals surface area (Å²) < 4.78 is 66.6. The zero-order valence-corrected chi connectivity index (χ0v) is 35.8. The molecule has 12 nitrogen and oxygen atoms in total. The highest BCUT2D eigenvalue weighted by molar-refractivity contribution is 6.17. The molecule has 0 fully saturated rings. The summed E-state index contributed by atoms with van der Waals surface area (Å²) in [6.45, 7) is 14.7. The highest BCUT2D eigenvalue weighted by Gasteiger charge is 2.00. The standard InChI is InChI=1S/C43H79ClO12/c1-2-3-4-5-6-7-10-13-42-14-16-43(17-15-42)56-41-40-55-39-38-54-37-36-53-35-34-52-33-32-51-31-30-50-29-28-49-27-26-48-25-24-47-23-22-46-21-20-45-19-12-9-8-11-18-44/h14-17H,2-13,18-41H2,1H3. The van der Waals surface area contributed by atoms with Crippen molar-refractivity contribution < 1.29 is 56.8 Å². The highest BCUT2D eigenvalue weighted by Crippen LogP contribution is 2.15. The Morgan fingerprint density at radius 3 is 1.00 bits per heavy atom. The summed E-state index contributed by atoms with van der Waals surface area (Å²) in [7, 11) is 0. The van der Waals surface area contributed by atoms with Gasteiger partial charge in [0, 0.05) is 12.5 Å². The molecule has 0 N–H and O–H groups in total. The van der Waals surface area contributed by atoms with E-state index in [1.807, 2.05) is 0 Å². The summed E-state index contributed by atoms with van der Waals surface area (Å²) in [5.74, 6) is 1.63. The zero-order chi connectivity index (χ0) is 39.9. The Labute approximate surface area is 345 Å². The van der Waals surface area contributed by atoms with Crippen LogP contribution in [0.4, 0.5) is 0 Å². The first-order chi connectivity index (χ1) is 27.9. The fraction of sp³-hybridized carbons (Fsp3) is 0.860. The van der Waals surface area contributed by atoms with Crippen molar-refractivity contribution in [2.45, 2.75) is 84.0 Å². The Balaban J connectivity index is 1.67. The molecule has 0 amide bonds. The molecule has 0 radical (unpaired) electrons. The maximum Gasteiger partial charge on any atom is 0.119 e. The van der Waals surface area contributed by atoms with Gasteiger partial charge in [-0.2, -0.15) is 0 Å².